The van der Waals surface area contributed by atoms with Gasteiger partial charge < -0.3 is 5.32 Å². The van der Waals surface area contributed by atoms with Crippen LogP contribution in [0.2, 0.25) is 0 Å². The number of anilines is 1. The Hall–Kier alpha value is -1.94. The van der Waals surface area contributed by atoms with Crippen LogP contribution in [0.4, 0.5) is 5.95 Å². The maximum absolute atomic E-state index is 4.53. The average Bonchev–Trinajstić information content (AvgIpc) is 2.47. The molecule has 1 atom stereocenters. The minimum atomic E-state index is 0.147. The highest BCUT2D eigenvalue weighted by atomic mass is 79.9. The van der Waals surface area contributed by atoms with Crippen LogP contribution in [0.1, 0.15) is 18.5 Å². The Balaban J connectivity index is 1.85. The van der Waals surface area contributed by atoms with E-state index in [1.165, 1.54) is 5.56 Å². The van der Waals surface area contributed by atoms with Crippen LogP contribution in [-0.4, -0.2) is 9.97 Å². The molecule has 0 saturated heterocycles. The summed E-state index contributed by atoms with van der Waals surface area (Å²) >= 11 is 3.49. The normalized spacial score (nSPS) is 12.3. The highest BCUT2D eigenvalue weighted by molar-refractivity contribution is 9.10. The van der Waals surface area contributed by atoms with Gasteiger partial charge in [0.05, 0.1) is 11.6 Å². The number of hydrogen-bond acceptors (Lipinski definition) is 3. The second-order valence-corrected chi connectivity index (χ2v) is 5.59. The quantitative estimate of drug-likeness (QED) is 0.765. The monoisotopic (exact) mass is 327 g/mol. The van der Waals surface area contributed by atoms with Crippen molar-refractivity contribution in [3.8, 4) is 0 Å². The van der Waals surface area contributed by atoms with Gasteiger partial charge in [0.25, 0.3) is 0 Å². The zero-order valence-electron chi connectivity index (χ0n) is 11.0. The van der Waals surface area contributed by atoms with Crippen LogP contribution in [0.5, 0.6) is 0 Å². The standard InChI is InChI=1S/C16H14BrN3/c1-11(12-6-4-7-14(17)9-12)19-16-18-10-13-5-2-3-8-15(13)20-16/h2-11H,1H3,(H,18,19,20). The van der Waals surface area contributed by atoms with Gasteiger partial charge in [0.2, 0.25) is 5.95 Å². The molecule has 0 bridgehead atoms. The summed E-state index contributed by atoms with van der Waals surface area (Å²) in [6, 6.07) is 16.3. The Morgan fingerprint density at radius 1 is 1.10 bits per heavy atom. The fourth-order valence-corrected chi connectivity index (χ4v) is 2.51. The summed E-state index contributed by atoms with van der Waals surface area (Å²) in [4.78, 5) is 8.89. The van der Waals surface area contributed by atoms with Crippen molar-refractivity contribution in [2.75, 3.05) is 5.32 Å². The van der Waals surface area contributed by atoms with E-state index in [-0.39, 0.29) is 6.04 Å². The number of benzene rings is 2. The molecule has 0 fully saturated rings. The Morgan fingerprint density at radius 3 is 2.80 bits per heavy atom. The fourth-order valence-electron chi connectivity index (χ4n) is 2.09. The topological polar surface area (TPSA) is 37.8 Å². The number of rotatable bonds is 3. The Bertz CT molecular complexity index is 742. The number of halogens is 1. The molecule has 3 nitrogen and oxygen atoms in total. The lowest BCUT2D eigenvalue weighted by Gasteiger charge is -2.14. The van der Waals surface area contributed by atoms with Crippen molar-refractivity contribution in [3.05, 3.63) is 64.8 Å². The van der Waals surface area contributed by atoms with Gasteiger partial charge in [0.15, 0.2) is 0 Å². The van der Waals surface area contributed by atoms with Crippen molar-refractivity contribution in [3.63, 3.8) is 0 Å². The number of nitrogens with one attached hydrogen (secondary N) is 1. The van der Waals surface area contributed by atoms with Gasteiger partial charge in [-0.3, -0.25) is 0 Å². The molecule has 3 rings (SSSR count). The molecule has 0 spiro atoms. The van der Waals surface area contributed by atoms with E-state index in [4.69, 9.17) is 0 Å². The van der Waals surface area contributed by atoms with Gasteiger partial charge in [-0.05, 0) is 30.7 Å². The van der Waals surface area contributed by atoms with Gasteiger partial charge in [-0.15, -0.1) is 0 Å². The molecule has 0 aliphatic carbocycles. The predicted molar refractivity (Wildman–Crippen MR) is 85.7 cm³/mol. The van der Waals surface area contributed by atoms with Crippen molar-refractivity contribution in [2.24, 2.45) is 0 Å². The predicted octanol–water partition coefficient (Wildman–Crippen LogP) is 4.57. The van der Waals surface area contributed by atoms with Crippen molar-refractivity contribution >= 4 is 32.8 Å². The lowest BCUT2D eigenvalue weighted by Crippen LogP contribution is -2.09. The SMILES string of the molecule is CC(Nc1ncc2ccccc2n1)c1cccc(Br)c1. The summed E-state index contributed by atoms with van der Waals surface area (Å²) in [6.07, 6.45) is 1.85. The second-order valence-electron chi connectivity index (χ2n) is 4.67. The highest BCUT2D eigenvalue weighted by Crippen LogP contribution is 2.21. The Morgan fingerprint density at radius 2 is 1.95 bits per heavy atom. The summed E-state index contributed by atoms with van der Waals surface area (Å²) in [5, 5.41) is 4.38. The smallest absolute Gasteiger partial charge is 0.223 e. The summed E-state index contributed by atoms with van der Waals surface area (Å²) in [5.74, 6) is 0.649. The molecule has 0 saturated carbocycles. The van der Waals surface area contributed by atoms with Crippen molar-refractivity contribution in [1.29, 1.82) is 0 Å². The molecule has 20 heavy (non-hydrogen) atoms. The van der Waals surface area contributed by atoms with Gasteiger partial charge in [0, 0.05) is 16.1 Å². The van der Waals surface area contributed by atoms with E-state index in [9.17, 15) is 0 Å². The van der Waals surface area contributed by atoms with E-state index >= 15 is 0 Å². The first-order valence-electron chi connectivity index (χ1n) is 6.46. The lowest BCUT2D eigenvalue weighted by atomic mass is 10.1. The number of aromatic nitrogens is 2. The zero-order valence-corrected chi connectivity index (χ0v) is 12.6. The molecule has 0 aliphatic rings. The van der Waals surface area contributed by atoms with Crippen molar-refractivity contribution in [1.82, 2.24) is 9.97 Å². The largest absolute Gasteiger partial charge is 0.348 e. The summed E-state index contributed by atoms with van der Waals surface area (Å²) in [6.45, 7) is 2.10. The molecule has 1 N–H and O–H groups in total. The Labute approximate surface area is 126 Å². The van der Waals surface area contributed by atoms with Crippen molar-refractivity contribution in [2.45, 2.75) is 13.0 Å². The number of fused-ring (bicyclic) bond motifs is 1. The molecular weight excluding hydrogens is 314 g/mol. The lowest BCUT2D eigenvalue weighted by molar-refractivity contribution is 0.863. The molecule has 100 valence electrons. The summed E-state index contributed by atoms with van der Waals surface area (Å²) in [7, 11) is 0. The molecule has 0 aliphatic heterocycles. The number of para-hydroxylation sites is 1. The van der Waals surface area contributed by atoms with E-state index in [0.717, 1.165) is 15.4 Å². The second kappa shape index (κ2) is 5.59. The van der Waals surface area contributed by atoms with Gasteiger partial charge in [-0.2, -0.15) is 0 Å². The first-order chi connectivity index (χ1) is 9.72. The molecule has 4 heteroatoms. The van der Waals surface area contributed by atoms with Crippen LogP contribution in [0.25, 0.3) is 10.9 Å². The molecule has 3 aromatic rings. The van der Waals surface area contributed by atoms with E-state index in [1.54, 1.807) is 0 Å². The fraction of sp³-hybridized carbons (Fsp3) is 0.125. The van der Waals surface area contributed by atoms with Crippen LogP contribution < -0.4 is 5.32 Å². The summed E-state index contributed by atoms with van der Waals surface area (Å²) in [5.41, 5.74) is 2.14. The molecule has 1 unspecified atom stereocenters. The zero-order chi connectivity index (χ0) is 13.9. The van der Waals surface area contributed by atoms with E-state index in [1.807, 2.05) is 42.6 Å². The van der Waals surface area contributed by atoms with Gasteiger partial charge >= 0.3 is 0 Å². The molecular formula is C16H14BrN3. The van der Waals surface area contributed by atoms with Gasteiger partial charge in [0.1, 0.15) is 0 Å². The maximum atomic E-state index is 4.53. The minimum Gasteiger partial charge on any atom is -0.348 e. The molecule has 2 aromatic carbocycles. The minimum absolute atomic E-state index is 0.147. The number of nitrogens with zero attached hydrogens (tertiary/aromatic N) is 2. The third-order valence-corrected chi connectivity index (χ3v) is 3.68. The Kier molecular flexibility index (Phi) is 3.65. The molecule has 0 amide bonds. The van der Waals surface area contributed by atoms with E-state index < -0.39 is 0 Å². The van der Waals surface area contributed by atoms with Gasteiger partial charge in [-0.25, -0.2) is 9.97 Å². The van der Waals surface area contributed by atoms with Crippen LogP contribution in [0, 0.1) is 0 Å². The maximum Gasteiger partial charge on any atom is 0.223 e. The van der Waals surface area contributed by atoms with Crippen LogP contribution in [0.15, 0.2) is 59.2 Å². The van der Waals surface area contributed by atoms with Crippen LogP contribution in [-0.2, 0) is 0 Å². The third-order valence-electron chi connectivity index (χ3n) is 3.18. The molecule has 1 aromatic heterocycles. The number of hydrogen-bond donors (Lipinski definition) is 1. The molecule has 1 heterocycles. The molecule has 0 radical (unpaired) electrons. The first-order valence-corrected chi connectivity index (χ1v) is 7.25. The van der Waals surface area contributed by atoms with Crippen LogP contribution in [0.3, 0.4) is 0 Å². The first kappa shape index (κ1) is 13.1. The van der Waals surface area contributed by atoms with E-state index in [2.05, 4.69) is 50.3 Å². The average molecular weight is 328 g/mol. The van der Waals surface area contributed by atoms with Crippen LogP contribution >= 0.6 is 15.9 Å². The van der Waals surface area contributed by atoms with Crippen molar-refractivity contribution < 1.29 is 0 Å². The highest BCUT2D eigenvalue weighted by Gasteiger charge is 2.07. The summed E-state index contributed by atoms with van der Waals surface area (Å²) < 4.78 is 1.07. The van der Waals surface area contributed by atoms with Gasteiger partial charge in [-0.1, -0.05) is 46.3 Å². The van der Waals surface area contributed by atoms with E-state index in [0.29, 0.717) is 5.95 Å². The third kappa shape index (κ3) is 2.80.